The molecule has 0 aliphatic rings. The summed E-state index contributed by atoms with van der Waals surface area (Å²) in [5.41, 5.74) is 0.449. The van der Waals surface area contributed by atoms with Crippen molar-refractivity contribution in [3.63, 3.8) is 0 Å². The van der Waals surface area contributed by atoms with Crippen LogP contribution in [0.25, 0.3) is 0 Å². The van der Waals surface area contributed by atoms with E-state index in [0.717, 1.165) is 5.56 Å². The molecule has 1 aromatic carbocycles. The van der Waals surface area contributed by atoms with Gasteiger partial charge in [-0.15, -0.1) is 0 Å². The van der Waals surface area contributed by atoms with Crippen LogP contribution in [0.4, 0.5) is 4.39 Å². The van der Waals surface area contributed by atoms with E-state index < -0.39 is 11.4 Å². The number of H-pyrrole nitrogens is 1. The van der Waals surface area contributed by atoms with E-state index in [0.29, 0.717) is 12.2 Å². The number of aromatic nitrogens is 2. The molecule has 0 aliphatic carbocycles. The Labute approximate surface area is 92.0 Å². The zero-order chi connectivity index (χ0) is 11.5. The Morgan fingerprint density at radius 3 is 2.62 bits per heavy atom. The third-order valence-electron chi connectivity index (χ3n) is 2.29. The van der Waals surface area contributed by atoms with E-state index in [1.165, 1.54) is 6.92 Å². The molecular formula is C12H11FN2O. The minimum absolute atomic E-state index is 0.134. The lowest BCUT2D eigenvalue weighted by molar-refractivity contribution is 0.583. The second-order valence-corrected chi connectivity index (χ2v) is 3.57. The highest BCUT2D eigenvalue weighted by Gasteiger charge is 2.07. The molecule has 2 aromatic rings. The van der Waals surface area contributed by atoms with Gasteiger partial charge in [-0.1, -0.05) is 30.3 Å². The maximum atomic E-state index is 13.0. The first-order valence-corrected chi connectivity index (χ1v) is 4.96. The largest absolute Gasteiger partial charge is 0.308 e. The standard InChI is InChI=1S/C12H11FN2O/c1-8-11(13)12(16)15-10(14-8)7-9-5-3-2-4-6-9/h2-6H,7H2,1H3,(H,14,15,16). The number of benzene rings is 1. The first kappa shape index (κ1) is 10.5. The molecule has 0 saturated carbocycles. The monoisotopic (exact) mass is 218 g/mol. The van der Waals surface area contributed by atoms with Crippen LogP contribution in [0.5, 0.6) is 0 Å². The Morgan fingerprint density at radius 2 is 2.00 bits per heavy atom. The SMILES string of the molecule is Cc1nc(Cc2ccccc2)[nH]c(=O)c1F. The summed E-state index contributed by atoms with van der Waals surface area (Å²) in [6.07, 6.45) is 0.497. The molecule has 4 heteroatoms. The second kappa shape index (κ2) is 4.26. The number of hydrogen-bond donors (Lipinski definition) is 1. The molecule has 1 heterocycles. The summed E-state index contributed by atoms with van der Waals surface area (Å²) in [4.78, 5) is 17.6. The molecule has 0 unspecified atom stereocenters. The van der Waals surface area contributed by atoms with Crippen LogP contribution in [-0.2, 0) is 6.42 Å². The molecule has 0 spiro atoms. The summed E-state index contributed by atoms with van der Waals surface area (Å²) in [5, 5.41) is 0. The highest BCUT2D eigenvalue weighted by molar-refractivity contribution is 5.19. The lowest BCUT2D eigenvalue weighted by atomic mass is 10.1. The number of aromatic amines is 1. The van der Waals surface area contributed by atoms with Crippen LogP contribution >= 0.6 is 0 Å². The van der Waals surface area contributed by atoms with Gasteiger partial charge in [0.15, 0.2) is 0 Å². The summed E-state index contributed by atoms with van der Waals surface area (Å²) >= 11 is 0. The molecule has 2 rings (SSSR count). The molecule has 16 heavy (non-hydrogen) atoms. The fraction of sp³-hybridized carbons (Fsp3) is 0.167. The van der Waals surface area contributed by atoms with Crippen LogP contribution in [0.15, 0.2) is 35.1 Å². The fourth-order valence-corrected chi connectivity index (χ4v) is 1.50. The highest BCUT2D eigenvalue weighted by Crippen LogP contribution is 2.05. The van der Waals surface area contributed by atoms with Gasteiger partial charge in [0.05, 0.1) is 5.69 Å². The van der Waals surface area contributed by atoms with Crippen LogP contribution in [0.3, 0.4) is 0 Å². The summed E-state index contributed by atoms with van der Waals surface area (Å²) in [6, 6.07) is 9.58. The lowest BCUT2D eigenvalue weighted by Crippen LogP contribution is -2.17. The van der Waals surface area contributed by atoms with Gasteiger partial charge < -0.3 is 4.98 Å². The minimum atomic E-state index is -0.809. The van der Waals surface area contributed by atoms with E-state index >= 15 is 0 Å². The number of nitrogens with zero attached hydrogens (tertiary/aromatic N) is 1. The molecule has 0 amide bonds. The van der Waals surface area contributed by atoms with Crippen molar-refractivity contribution in [1.82, 2.24) is 9.97 Å². The lowest BCUT2D eigenvalue weighted by Gasteiger charge is -2.02. The van der Waals surface area contributed by atoms with Crippen molar-refractivity contribution >= 4 is 0 Å². The third-order valence-corrected chi connectivity index (χ3v) is 2.29. The molecular weight excluding hydrogens is 207 g/mol. The summed E-state index contributed by atoms with van der Waals surface area (Å²) in [6.45, 7) is 1.49. The van der Waals surface area contributed by atoms with Crippen LogP contribution in [0, 0.1) is 12.7 Å². The van der Waals surface area contributed by atoms with Gasteiger partial charge in [0, 0.05) is 6.42 Å². The van der Waals surface area contributed by atoms with E-state index in [1.54, 1.807) is 0 Å². The molecule has 0 bridgehead atoms. The Hall–Kier alpha value is -1.97. The molecule has 82 valence electrons. The molecule has 0 aliphatic heterocycles. The second-order valence-electron chi connectivity index (χ2n) is 3.57. The zero-order valence-electron chi connectivity index (χ0n) is 8.83. The van der Waals surface area contributed by atoms with Gasteiger partial charge in [-0.3, -0.25) is 4.79 Å². The molecule has 3 nitrogen and oxygen atoms in total. The Bertz CT molecular complexity index is 549. The van der Waals surface area contributed by atoms with E-state index in [9.17, 15) is 9.18 Å². The van der Waals surface area contributed by atoms with Crippen molar-refractivity contribution < 1.29 is 4.39 Å². The maximum absolute atomic E-state index is 13.0. The van der Waals surface area contributed by atoms with Crippen molar-refractivity contribution in [3.8, 4) is 0 Å². The van der Waals surface area contributed by atoms with E-state index in [-0.39, 0.29) is 5.69 Å². The van der Waals surface area contributed by atoms with Crippen molar-refractivity contribution in [2.45, 2.75) is 13.3 Å². The Balaban J connectivity index is 2.33. The van der Waals surface area contributed by atoms with E-state index in [1.807, 2.05) is 30.3 Å². The summed E-state index contributed by atoms with van der Waals surface area (Å²) in [5.74, 6) is -0.327. The summed E-state index contributed by atoms with van der Waals surface area (Å²) < 4.78 is 13.0. The topological polar surface area (TPSA) is 45.8 Å². The smallest absolute Gasteiger partial charge is 0.287 e. The number of rotatable bonds is 2. The average Bonchev–Trinajstić information content (AvgIpc) is 2.27. The third kappa shape index (κ3) is 2.16. The predicted molar refractivity (Wildman–Crippen MR) is 58.8 cm³/mol. The quantitative estimate of drug-likeness (QED) is 0.835. The molecule has 0 atom stereocenters. The van der Waals surface area contributed by atoms with Gasteiger partial charge in [-0.05, 0) is 12.5 Å². The van der Waals surface area contributed by atoms with Crippen molar-refractivity contribution in [2.75, 3.05) is 0 Å². The van der Waals surface area contributed by atoms with Crippen LogP contribution in [-0.4, -0.2) is 9.97 Å². The van der Waals surface area contributed by atoms with E-state index in [4.69, 9.17) is 0 Å². The first-order chi connectivity index (χ1) is 7.66. The maximum Gasteiger partial charge on any atom is 0.287 e. The van der Waals surface area contributed by atoms with Gasteiger partial charge in [0.25, 0.3) is 5.56 Å². The Morgan fingerprint density at radius 1 is 1.31 bits per heavy atom. The Kier molecular flexibility index (Phi) is 2.81. The van der Waals surface area contributed by atoms with E-state index in [2.05, 4.69) is 9.97 Å². The minimum Gasteiger partial charge on any atom is -0.308 e. The van der Waals surface area contributed by atoms with Gasteiger partial charge in [0.1, 0.15) is 5.82 Å². The highest BCUT2D eigenvalue weighted by atomic mass is 19.1. The normalized spacial score (nSPS) is 10.4. The van der Waals surface area contributed by atoms with Crippen molar-refractivity contribution in [3.05, 3.63) is 63.6 Å². The van der Waals surface area contributed by atoms with Gasteiger partial charge in [0.2, 0.25) is 5.82 Å². The number of halogens is 1. The van der Waals surface area contributed by atoms with Crippen LogP contribution < -0.4 is 5.56 Å². The van der Waals surface area contributed by atoms with Crippen LogP contribution in [0.2, 0.25) is 0 Å². The number of hydrogen-bond acceptors (Lipinski definition) is 2. The molecule has 1 aromatic heterocycles. The molecule has 1 N–H and O–H groups in total. The number of nitrogens with one attached hydrogen (secondary N) is 1. The fourth-order valence-electron chi connectivity index (χ4n) is 1.50. The van der Waals surface area contributed by atoms with Crippen molar-refractivity contribution in [1.29, 1.82) is 0 Å². The average molecular weight is 218 g/mol. The van der Waals surface area contributed by atoms with Crippen molar-refractivity contribution in [2.24, 2.45) is 0 Å². The van der Waals surface area contributed by atoms with Gasteiger partial charge in [-0.2, -0.15) is 4.39 Å². The molecule has 0 fully saturated rings. The van der Waals surface area contributed by atoms with Crippen LogP contribution in [0.1, 0.15) is 17.1 Å². The van der Waals surface area contributed by atoms with Gasteiger partial charge in [-0.25, -0.2) is 4.98 Å². The predicted octanol–water partition coefficient (Wildman–Crippen LogP) is 1.81. The van der Waals surface area contributed by atoms with Gasteiger partial charge >= 0.3 is 0 Å². The zero-order valence-corrected chi connectivity index (χ0v) is 8.83. The molecule has 0 radical (unpaired) electrons. The first-order valence-electron chi connectivity index (χ1n) is 4.96. The number of aryl methyl sites for hydroxylation is 1. The summed E-state index contributed by atoms with van der Waals surface area (Å²) in [7, 11) is 0. The molecule has 0 saturated heterocycles.